The Hall–Kier alpha value is -2.11. The molecule has 1 amide bonds. The molecule has 0 spiro atoms. The SMILES string of the molecule is O=C(O)c1cccnc1NCC(=O)N1CCCCC1. The van der Waals surface area contributed by atoms with E-state index in [1.807, 2.05) is 0 Å². The van der Waals surface area contributed by atoms with Crippen molar-refractivity contribution in [3.63, 3.8) is 0 Å². The van der Waals surface area contributed by atoms with Crippen LogP contribution in [0.2, 0.25) is 0 Å². The second kappa shape index (κ2) is 6.17. The number of hydrogen-bond acceptors (Lipinski definition) is 4. The van der Waals surface area contributed by atoms with E-state index in [1.165, 1.54) is 18.7 Å². The second-order valence-corrected chi connectivity index (χ2v) is 4.50. The van der Waals surface area contributed by atoms with Crippen molar-refractivity contribution in [2.45, 2.75) is 19.3 Å². The van der Waals surface area contributed by atoms with Crippen LogP contribution in [0, 0.1) is 0 Å². The van der Waals surface area contributed by atoms with Gasteiger partial charge in [-0.3, -0.25) is 4.79 Å². The number of likely N-dealkylation sites (tertiary alicyclic amines) is 1. The summed E-state index contributed by atoms with van der Waals surface area (Å²) in [7, 11) is 0. The predicted octanol–water partition coefficient (Wildman–Crippen LogP) is 1.20. The minimum Gasteiger partial charge on any atom is -0.478 e. The van der Waals surface area contributed by atoms with Gasteiger partial charge in [-0.1, -0.05) is 0 Å². The van der Waals surface area contributed by atoms with Crippen molar-refractivity contribution in [3.05, 3.63) is 23.9 Å². The van der Waals surface area contributed by atoms with Crippen LogP contribution in [0.1, 0.15) is 29.6 Å². The molecule has 0 atom stereocenters. The van der Waals surface area contributed by atoms with Gasteiger partial charge in [0.05, 0.1) is 6.54 Å². The van der Waals surface area contributed by atoms with Crippen LogP contribution in [0.25, 0.3) is 0 Å². The van der Waals surface area contributed by atoms with Crippen molar-refractivity contribution in [1.82, 2.24) is 9.88 Å². The molecule has 0 bridgehead atoms. The molecule has 0 aliphatic carbocycles. The van der Waals surface area contributed by atoms with Crippen LogP contribution in [-0.4, -0.2) is 46.5 Å². The topological polar surface area (TPSA) is 82.5 Å². The normalized spacial score (nSPS) is 15.1. The summed E-state index contributed by atoms with van der Waals surface area (Å²) in [5, 5.41) is 11.8. The lowest BCUT2D eigenvalue weighted by molar-refractivity contribution is -0.130. The molecule has 1 aliphatic heterocycles. The minimum atomic E-state index is -1.05. The number of aromatic carboxylic acids is 1. The lowest BCUT2D eigenvalue weighted by atomic mass is 10.1. The molecule has 0 radical (unpaired) electrons. The summed E-state index contributed by atoms with van der Waals surface area (Å²) in [4.78, 5) is 28.7. The average Bonchev–Trinajstić information content (AvgIpc) is 2.46. The second-order valence-electron chi connectivity index (χ2n) is 4.50. The summed E-state index contributed by atoms with van der Waals surface area (Å²) in [5.41, 5.74) is 0.0777. The third-order valence-corrected chi connectivity index (χ3v) is 3.15. The van der Waals surface area contributed by atoms with Gasteiger partial charge in [0.15, 0.2) is 0 Å². The van der Waals surface area contributed by atoms with Gasteiger partial charge >= 0.3 is 5.97 Å². The van der Waals surface area contributed by atoms with Crippen molar-refractivity contribution >= 4 is 17.7 Å². The summed E-state index contributed by atoms with van der Waals surface area (Å²) in [6, 6.07) is 3.02. The van der Waals surface area contributed by atoms with Gasteiger partial charge in [0.2, 0.25) is 5.91 Å². The van der Waals surface area contributed by atoms with E-state index in [-0.39, 0.29) is 23.8 Å². The number of aromatic nitrogens is 1. The van der Waals surface area contributed by atoms with Crippen molar-refractivity contribution in [2.75, 3.05) is 25.0 Å². The Labute approximate surface area is 111 Å². The number of pyridine rings is 1. The Balaban J connectivity index is 1.94. The highest BCUT2D eigenvalue weighted by molar-refractivity contribution is 5.93. The number of carbonyl (C=O) groups excluding carboxylic acids is 1. The van der Waals surface area contributed by atoms with Crippen molar-refractivity contribution in [2.24, 2.45) is 0 Å². The Kier molecular flexibility index (Phi) is 4.33. The van der Waals surface area contributed by atoms with Crippen LogP contribution in [0.15, 0.2) is 18.3 Å². The molecule has 1 aromatic heterocycles. The summed E-state index contributed by atoms with van der Waals surface area (Å²) >= 11 is 0. The van der Waals surface area contributed by atoms with Crippen molar-refractivity contribution < 1.29 is 14.7 Å². The molecule has 1 fully saturated rings. The number of carboxylic acids is 1. The van der Waals surface area contributed by atoms with Crippen LogP contribution < -0.4 is 5.32 Å². The highest BCUT2D eigenvalue weighted by atomic mass is 16.4. The molecule has 1 aliphatic rings. The molecule has 0 saturated carbocycles. The van der Waals surface area contributed by atoms with Gasteiger partial charge in [-0.15, -0.1) is 0 Å². The number of rotatable bonds is 4. The summed E-state index contributed by atoms with van der Waals surface area (Å²) in [5.74, 6) is -0.830. The minimum absolute atomic E-state index is 0.0123. The molecule has 6 nitrogen and oxygen atoms in total. The van der Waals surface area contributed by atoms with Gasteiger partial charge in [-0.25, -0.2) is 9.78 Å². The van der Waals surface area contributed by atoms with Crippen molar-refractivity contribution in [3.8, 4) is 0 Å². The summed E-state index contributed by atoms with van der Waals surface area (Å²) in [6.45, 7) is 1.65. The van der Waals surface area contributed by atoms with Gasteiger partial charge in [0, 0.05) is 19.3 Å². The zero-order valence-corrected chi connectivity index (χ0v) is 10.6. The van der Waals surface area contributed by atoms with E-state index in [0.717, 1.165) is 25.9 Å². The molecule has 19 heavy (non-hydrogen) atoms. The maximum Gasteiger partial charge on any atom is 0.339 e. The molecule has 1 saturated heterocycles. The van der Waals surface area contributed by atoms with Crippen LogP contribution in [0.5, 0.6) is 0 Å². The van der Waals surface area contributed by atoms with E-state index in [4.69, 9.17) is 5.11 Å². The van der Waals surface area contributed by atoms with E-state index in [1.54, 1.807) is 11.0 Å². The Morgan fingerprint density at radius 2 is 2.05 bits per heavy atom. The average molecular weight is 263 g/mol. The smallest absolute Gasteiger partial charge is 0.339 e. The van der Waals surface area contributed by atoms with E-state index < -0.39 is 5.97 Å². The quantitative estimate of drug-likeness (QED) is 0.853. The monoisotopic (exact) mass is 263 g/mol. The highest BCUT2D eigenvalue weighted by Crippen LogP contribution is 2.12. The van der Waals surface area contributed by atoms with E-state index >= 15 is 0 Å². The standard InChI is InChI=1S/C13H17N3O3/c17-11(16-7-2-1-3-8-16)9-15-12-10(13(18)19)5-4-6-14-12/h4-6H,1-3,7-9H2,(H,14,15)(H,18,19). The first kappa shape index (κ1) is 13.3. The maximum absolute atomic E-state index is 11.9. The van der Waals surface area contributed by atoms with Gasteiger partial charge in [0.1, 0.15) is 11.4 Å². The number of anilines is 1. The highest BCUT2D eigenvalue weighted by Gasteiger charge is 2.17. The number of carbonyl (C=O) groups is 2. The third-order valence-electron chi connectivity index (χ3n) is 3.15. The Bertz CT molecular complexity index is 470. The lowest BCUT2D eigenvalue weighted by Gasteiger charge is -2.26. The largest absolute Gasteiger partial charge is 0.478 e. The van der Waals surface area contributed by atoms with E-state index in [2.05, 4.69) is 10.3 Å². The Morgan fingerprint density at radius 1 is 1.32 bits per heavy atom. The fourth-order valence-electron chi connectivity index (χ4n) is 2.13. The molecule has 2 rings (SSSR count). The fraction of sp³-hybridized carbons (Fsp3) is 0.462. The number of piperidine rings is 1. The molecular formula is C13H17N3O3. The van der Waals surface area contributed by atoms with Crippen molar-refractivity contribution in [1.29, 1.82) is 0 Å². The Morgan fingerprint density at radius 3 is 2.74 bits per heavy atom. The molecule has 102 valence electrons. The number of nitrogens with zero attached hydrogens (tertiary/aromatic N) is 2. The van der Waals surface area contributed by atoms with E-state index in [0.29, 0.717) is 0 Å². The molecule has 6 heteroatoms. The van der Waals surface area contributed by atoms with Crippen LogP contribution in [0.4, 0.5) is 5.82 Å². The third kappa shape index (κ3) is 3.43. The predicted molar refractivity (Wildman–Crippen MR) is 70.1 cm³/mol. The summed E-state index contributed by atoms with van der Waals surface area (Å²) < 4.78 is 0. The molecule has 0 aromatic carbocycles. The van der Waals surface area contributed by atoms with Crippen LogP contribution in [0.3, 0.4) is 0 Å². The number of nitrogens with one attached hydrogen (secondary N) is 1. The first-order chi connectivity index (χ1) is 9.18. The van der Waals surface area contributed by atoms with Gasteiger partial charge in [0.25, 0.3) is 0 Å². The fourth-order valence-corrected chi connectivity index (χ4v) is 2.13. The summed E-state index contributed by atoms with van der Waals surface area (Å²) in [6.07, 6.45) is 4.74. The number of carboxylic acid groups (broad SMARTS) is 1. The molecule has 2 N–H and O–H groups in total. The lowest BCUT2D eigenvalue weighted by Crippen LogP contribution is -2.39. The number of amides is 1. The van der Waals surface area contributed by atoms with Crippen LogP contribution >= 0.6 is 0 Å². The first-order valence-electron chi connectivity index (χ1n) is 6.38. The number of hydrogen-bond donors (Lipinski definition) is 2. The van der Waals surface area contributed by atoms with Gasteiger partial charge < -0.3 is 15.3 Å². The zero-order chi connectivity index (χ0) is 13.7. The molecule has 0 unspecified atom stereocenters. The first-order valence-corrected chi connectivity index (χ1v) is 6.38. The van der Waals surface area contributed by atoms with Crippen LogP contribution in [-0.2, 0) is 4.79 Å². The molecular weight excluding hydrogens is 246 g/mol. The van der Waals surface area contributed by atoms with Gasteiger partial charge in [-0.2, -0.15) is 0 Å². The van der Waals surface area contributed by atoms with Gasteiger partial charge in [-0.05, 0) is 31.4 Å². The van der Waals surface area contributed by atoms with E-state index in [9.17, 15) is 9.59 Å². The maximum atomic E-state index is 11.9. The molecule has 2 heterocycles. The molecule has 1 aromatic rings. The zero-order valence-electron chi connectivity index (χ0n) is 10.6.